The first-order valence-corrected chi connectivity index (χ1v) is 10.9. The Hall–Kier alpha value is -3.69. The molecule has 1 aliphatic heterocycles. The van der Waals surface area contributed by atoms with E-state index in [0.29, 0.717) is 32.1 Å². The number of nitrogens with one attached hydrogen (secondary N) is 2. The number of ether oxygens (including phenoxy) is 1. The highest BCUT2D eigenvalue weighted by Crippen LogP contribution is 2.20. The van der Waals surface area contributed by atoms with Crippen molar-refractivity contribution in [1.82, 2.24) is 20.2 Å². The SMILES string of the molecule is COc1ccc(CCCc2c[nH]c(C(=O)N3CCC[C@@H]3C(=O)N[C@H](C=O)CC(=O)O)n2)cc1. The number of amides is 2. The van der Waals surface area contributed by atoms with Gasteiger partial charge in [-0.25, -0.2) is 4.98 Å². The zero-order valence-electron chi connectivity index (χ0n) is 18.5. The largest absolute Gasteiger partial charge is 0.497 e. The van der Waals surface area contributed by atoms with Crippen molar-refractivity contribution < 1.29 is 29.0 Å². The van der Waals surface area contributed by atoms with E-state index in [1.807, 2.05) is 24.3 Å². The molecule has 0 saturated carbocycles. The van der Waals surface area contributed by atoms with Crippen molar-refractivity contribution in [2.75, 3.05) is 13.7 Å². The second-order valence-corrected chi connectivity index (χ2v) is 7.95. The number of carboxylic acids is 1. The Bertz CT molecular complexity index is 987. The number of benzene rings is 1. The number of aldehydes is 1. The molecule has 1 saturated heterocycles. The van der Waals surface area contributed by atoms with Gasteiger partial charge in [-0.2, -0.15) is 0 Å². The van der Waals surface area contributed by atoms with E-state index in [4.69, 9.17) is 9.84 Å². The molecule has 0 unspecified atom stereocenters. The summed E-state index contributed by atoms with van der Waals surface area (Å²) in [6.45, 7) is 0.384. The molecule has 2 atom stereocenters. The number of H-pyrrole nitrogens is 1. The molecular weight excluding hydrogens is 428 g/mol. The van der Waals surface area contributed by atoms with Crippen LogP contribution in [0, 0.1) is 0 Å². The Kier molecular flexibility index (Phi) is 8.17. The molecule has 10 heteroatoms. The summed E-state index contributed by atoms with van der Waals surface area (Å²) in [6.07, 6.45) is 5.05. The zero-order chi connectivity index (χ0) is 23.8. The second-order valence-electron chi connectivity index (χ2n) is 7.95. The highest BCUT2D eigenvalue weighted by Gasteiger charge is 2.36. The van der Waals surface area contributed by atoms with E-state index < -0.39 is 36.3 Å². The van der Waals surface area contributed by atoms with Gasteiger partial charge < -0.3 is 29.8 Å². The molecule has 2 aromatic rings. The molecule has 3 N–H and O–H groups in total. The van der Waals surface area contributed by atoms with Crippen LogP contribution in [0.2, 0.25) is 0 Å². The molecule has 1 aromatic carbocycles. The fourth-order valence-electron chi connectivity index (χ4n) is 3.88. The number of nitrogens with zero attached hydrogens (tertiary/aromatic N) is 2. The predicted molar refractivity (Wildman–Crippen MR) is 118 cm³/mol. The molecule has 3 rings (SSSR count). The minimum Gasteiger partial charge on any atom is -0.497 e. The number of methoxy groups -OCH3 is 1. The zero-order valence-corrected chi connectivity index (χ0v) is 18.5. The summed E-state index contributed by atoms with van der Waals surface area (Å²) in [5.74, 6) is -1.15. The molecule has 176 valence electrons. The summed E-state index contributed by atoms with van der Waals surface area (Å²) < 4.78 is 5.16. The average molecular weight is 456 g/mol. The average Bonchev–Trinajstić information content (AvgIpc) is 3.48. The number of rotatable bonds is 11. The number of aliphatic carboxylic acids is 1. The number of hydrogen-bond acceptors (Lipinski definition) is 6. The molecule has 0 bridgehead atoms. The van der Waals surface area contributed by atoms with Crippen LogP contribution in [0.3, 0.4) is 0 Å². The first-order valence-electron chi connectivity index (χ1n) is 10.9. The Labute approximate surface area is 191 Å². The van der Waals surface area contributed by atoms with Gasteiger partial charge in [-0.3, -0.25) is 14.4 Å². The lowest BCUT2D eigenvalue weighted by Crippen LogP contribution is -2.49. The fraction of sp³-hybridized carbons (Fsp3) is 0.435. The van der Waals surface area contributed by atoms with Gasteiger partial charge in [0.05, 0.1) is 25.3 Å². The third kappa shape index (κ3) is 6.41. The van der Waals surface area contributed by atoms with Crippen molar-refractivity contribution in [3.8, 4) is 5.75 Å². The number of hydrogen-bond donors (Lipinski definition) is 3. The van der Waals surface area contributed by atoms with Gasteiger partial charge in [0.15, 0.2) is 5.82 Å². The van der Waals surface area contributed by atoms with Crippen molar-refractivity contribution >= 4 is 24.1 Å². The van der Waals surface area contributed by atoms with E-state index in [9.17, 15) is 19.2 Å². The van der Waals surface area contributed by atoms with Gasteiger partial charge in [0.2, 0.25) is 5.91 Å². The molecule has 1 fully saturated rings. The summed E-state index contributed by atoms with van der Waals surface area (Å²) in [6, 6.07) is 5.97. The van der Waals surface area contributed by atoms with Crippen LogP contribution < -0.4 is 10.1 Å². The van der Waals surface area contributed by atoms with Gasteiger partial charge in [0.1, 0.15) is 18.1 Å². The minimum atomic E-state index is -1.19. The second kappa shape index (κ2) is 11.3. The molecule has 0 spiro atoms. The van der Waals surface area contributed by atoms with Gasteiger partial charge in [-0.15, -0.1) is 0 Å². The van der Waals surface area contributed by atoms with Crippen LogP contribution >= 0.6 is 0 Å². The van der Waals surface area contributed by atoms with E-state index in [1.165, 1.54) is 10.5 Å². The smallest absolute Gasteiger partial charge is 0.305 e. The number of aromatic nitrogens is 2. The predicted octanol–water partition coefficient (Wildman–Crippen LogP) is 1.36. The number of aryl methyl sites for hydroxylation is 2. The maximum absolute atomic E-state index is 12.9. The molecule has 2 heterocycles. The number of carbonyl (C=O) groups is 4. The summed E-state index contributed by atoms with van der Waals surface area (Å²) >= 11 is 0. The summed E-state index contributed by atoms with van der Waals surface area (Å²) in [4.78, 5) is 56.1. The first kappa shape index (κ1) is 24.0. The van der Waals surface area contributed by atoms with E-state index in [0.717, 1.165) is 24.3 Å². The molecule has 1 aromatic heterocycles. The van der Waals surface area contributed by atoms with E-state index in [2.05, 4.69) is 15.3 Å². The number of likely N-dealkylation sites (tertiary alicyclic amines) is 1. The van der Waals surface area contributed by atoms with Gasteiger partial charge in [0.25, 0.3) is 5.91 Å². The van der Waals surface area contributed by atoms with Crippen LogP contribution in [-0.2, 0) is 27.2 Å². The van der Waals surface area contributed by atoms with Crippen molar-refractivity contribution in [2.24, 2.45) is 0 Å². The van der Waals surface area contributed by atoms with E-state index in [-0.39, 0.29) is 5.82 Å². The van der Waals surface area contributed by atoms with E-state index >= 15 is 0 Å². The Balaban J connectivity index is 1.55. The summed E-state index contributed by atoms with van der Waals surface area (Å²) in [5.41, 5.74) is 1.94. The van der Waals surface area contributed by atoms with Crippen molar-refractivity contribution in [3.63, 3.8) is 0 Å². The highest BCUT2D eigenvalue weighted by atomic mass is 16.5. The fourth-order valence-corrected chi connectivity index (χ4v) is 3.88. The van der Waals surface area contributed by atoms with Crippen molar-refractivity contribution in [2.45, 2.75) is 50.6 Å². The highest BCUT2D eigenvalue weighted by molar-refractivity contribution is 5.96. The Morgan fingerprint density at radius 1 is 1.30 bits per heavy atom. The third-order valence-electron chi connectivity index (χ3n) is 5.59. The Morgan fingerprint density at radius 3 is 2.73 bits per heavy atom. The maximum Gasteiger partial charge on any atom is 0.305 e. The van der Waals surface area contributed by atoms with Gasteiger partial charge in [-0.05, 0) is 49.8 Å². The van der Waals surface area contributed by atoms with Crippen LogP contribution in [0.25, 0.3) is 0 Å². The molecular formula is C23H28N4O6. The third-order valence-corrected chi connectivity index (χ3v) is 5.59. The molecule has 0 radical (unpaired) electrons. The monoisotopic (exact) mass is 456 g/mol. The lowest BCUT2D eigenvalue weighted by Gasteiger charge is -2.24. The lowest BCUT2D eigenvalue weighted by atomic mass is 10.1. The van der Waals surface area contributed by atoms with Crippen molar-refractivity contribution in [1.29, 1.82) is 0 Å². The number of aromatic amines is 1. The molecule has 0 aliphatic carbocycles. The number of carboxylic acid groups (broad SMARTS) is 1. The summed E-state index contributed by atoms with van der Waals surface area (Å²) in [7, 11) is 1.63. The van der Waals surface area contributed by atoms with Crippen molar-refractivity contribution in [3.05, 3.63) is 47.5 Å². The minimum absolute atomic E-state index is 0.159. The first-order chi connectivity index (χ1) is 15.9. The quantitative estimate of drug-likeness (QED) is 0.433. The molecule has 2 amide bonds. The number of imidazole rings is 1. The maximum atomic E-state index is 12.9. The van der Waals surface area contributed by atoms with Crippen LogP contribution in [0.15, 0.2) is 30.5 Å². The summed E-state index contributed by atoms with van der Waals surface area (Å²) in [5, 5.41) is 11.3. The topological polar surface area (TPSA) is 142 Å². The van der Waals surface area contributed by atoms with Gasteiger partial charge in [-0.1, -0.05) is 12.1 Å². The van der Waals surface area contributed by atoms with Crippen LogP contribution in [0.1, 0.15) is 47.6 Å². The standard InChI is InChI=1S/C23H28N4O6/c1-33-18-9-7-15(8-10-18)4-2-5-16-13-24-21(25-16)23(32)27-11-3-6-19(27)22(31)26-17(14-28)12-20(29)30/h7-10,13-14,17,19H,2-6,11-12H2,1H3,(H,24,25)(H,26,31)(H,29,30)/t17-,19+/m0/s1. The van der Waals surface area contributed by atoms with Gasteiger partial charge in [0, 0.05) is 12.7 Å². The molecule has 33 heavy (non-hydrogen) atoms. The molecule has 10 nitrogen and oxygen atoms in total. The van der Waals surface area contributed by atoms with Crippen LogP contribution in [-0.4, -0.2) is 69.8 Å². The number of carbonyl (C=O) groups excluding carboxylic acids is 3. The van der Waals surface area contributed by atoms with Gasteiger partial charge >= 0.3 is 5.97 Å². The Morgan fingerprint density at radius 2 is 2.06 bits per heavy atom. The lowest BCUT2D eigenvalue weighted by molar-refractivity contribution is -0.139. The van der Waals surface area contributed by atoms with E-state index in [1.54, 1.807) is 13.3 Å². The molecule has 1 aliphatic rings. The van der Waals surface area contributed by atoms with Crippen LogP contribution in [0.5, 0.6) is 5.75 Å². The van der Waals surface area contributed by atoms with Crippen LogP contribution in [0.4, 0.5) is 0 Å². The normalized spacial score (nSPS) is 16.3.